The number of rotatable bonds is 4. The summed E-state index contributed by atoms with van der Waals surface area (Å²) in [7, 11) is -3.41. The normalized spacial score (nSPS) is 25.1. The van der Waals surface area contributed by atoms with Crippen molar-refractivity contribution < 1.29 is 12.8 Å². The minimum atomic E-state index is -3.41. The first kappa shape index (κ1) is 21.8. The molecule has 1 fully saturated rings. The lowest BCUT2D eigenvalue weighted by atomic mass is 10.0. The number of halogens is 3. The molecule has 1 aromatic carbocycles. The molecule has 9 heteroatoms. The third-order valence-corrected chi connectivity index (χ3v) is 10.1. The van der Waals surface area contributed by atoms with Gasteiger partial charge in [-0.1, -0.05) is 42.0 Å². The Bertz CT molecular complexity index is 1100. The smallest absolute Gasteiger partial charge is 0.185 e. The highest BCUT2D eigenvalue weighted by Gasteiger charge is 2.44. The molecule has 1 aromatic heterocycles. The van der Waals surface area contributed by atoms with Crippen molar-refractivity contribution in [3.63, 3.8) is 0 Å². The van der Waals surface area contributed by atoms with E-state index in [4.69, 9.17) is 23.2 Å². The summed E-state index contributed by atoms with van der Waals surface area (Å²) in [6.07, 6.45) is 8.00. The molecule has 0 bridgehead atoms. The van der Waals surface area contributed by atoms with Crippen molar-refractivity contribution in [3.05, 3.63) is 58.7 Å². The number of alkyl halides is 1. The van der Waals surface area contributed by atoms with Crippen LogP contribution in [0.1, 0.15) is 19.8 Å². The Morgan fingerprint density at radius 1 is 1.27 bits per heavy atom. The third-order valence-electron chi connectivity index (χ3n) is 5.61. The van der Waals surface area contributed by atoms with Crippen molar-refractivity contribution in [2.24, 2.45) is 0 Å². The fourth-order valence-corrected chi connectivity index (χ4v) is 7.74. The number of piperidine rings is 1. The van der Waals surface area contributed by atoms with Gasteiger partial charge in [0.15, 0.2) is 15.0 Å². The zero-order chi connectivity index (χ0) is 21.5. The number of thiazole rings is 1. The molecule has 0 saturated carbocycles. The van der Waals surface area contributed by atoms with Gasteiger partial charge in [-0.15, -0.1) is 22.9 Å². The average Bonchev–Trinajstić information content (AvgIpc) is 3.20. The molecule has 4 nitrogen and oxygen atoms in total. The van der Waals surface area contributed by atoms with Gasteiger partial charge in [0, 0.05) is 24.0 Å². The number of nitrogens with zero attached hydrogens (tertiary/aromatic N) is 2. The van der Waals surface area contributed by atoms with Crippen molar-refractivity contribution in [1.82, 2.24) is 4.98 Å². The zero-order valence-electron chi connectivity index (χ0n) is 16.3. The molecule has 0 N–H and O–H groups in total. The summed E-state index contributed by atoms with van der Waals surface area (Å²) in [4.78, 5) is 5.78. The molecule has 160 valence electrons. The van der Waals surface area contributed by atoms with E-state index >= 15 is 0 Å². The summed E-state index contributed by atoms with van der Waals surface area (Å²) in [5.74, 6) is -0.479. The van der Waals surface area contributed by atoms with Crippen LogP contribution < -0.4 is 4.90 Å². The van der Waals surface area contributed by atoms with Crippen molar-refractivity contribution >= 4 is 49.5 Å². The van der Waals surface area contributed by atoms with Crippen LogP contribution in [0.25, 0.3) is 11.3 Å². The molecule has 4 rings (SSSR count). The van der Waals surface area contributed by atoms with Crippen LogP contribution in [0.5, 0.6) is 0 Å². The van der Waals surface area contributed by atoms with Crippen molar-refractivity contribution in [3.8, 4) is 11.3 Å². The lowest BCUT2D eigenvalue weighted by Gasteiger charge is -2.36. The van der Waals surface area contributed by atoms with E-state index in [0.29, 0.717) is 37.2 Å². The summed E-state index contributed by atoms with van der Waals surface area (Å²) in [5.41, 5.74) is 1.34. The average molecular weight is 487 g/mol. The van der Waals surface area contributed by atoms with E-state index in [2.05, 4.69) is 9.88 Å². The Hall–Kier alpha value is -1.41. The first-order chi connectivity index (χ1) is 14.2. The lowest BCUT2D eigenvalue weighted by Crippen LogP contribution is -2.47. The third kappa shape index (κ3) is 4.17. The highest BCUT2D eigenvalue weighted by molar-refractivity contribution is 7.93. The van der Waals surface area contributed by atoms with Gasteiger partial charge >= 0.3 is 0 Å². The van der Waals surface area contributed by atoms with E-state index in [9.17, 15) is 12.8 Å². The fraction of sp³-hybridized carbons (Fsp3) is 0.381. The zero-order valence-corrected chi connectivity index (χ0v) is 19.4. The summed E-state index contributed by atoms with van der Waals surface area (Å²) in [5, 5.41) is 1.60. The van der Waals surface area contributed by atoms with Crippen LogP contribution in [0.15, 0.2) is 47.9 Å². The number of hydrogen-bond donors (Lipinski definition) is 0. The van der Waals surface area contributed by atoms with Gasteiger partial charge < -0.3 is 4.90 Å². The highest BCUT2D eigenvalue weighted by atomic mass is 35.5. The quantitative estimate of drug-likeness (QED) is 0.536. The Kier molecular flexibility index (Phi) is 6.01. The van der Waals surface area contributed by atoms with Gasteiger partial charge in [-0.05, 0) is 31.9 Å². The van der Waals surface area contributed by atoms with E-state index in [1.54, 1.807) is 37.3 Å². The fourth-order valence-electron chi connectivity index (χ4n) is 3.90. The maximum Gasteiger partial charge on any atom is 0.185 e. The van der Waals surface area contributed by atoms with E-state index < -0.39 is 31.0 Å². The van der Waals surface area contributed by atoms with E-state index in [0.717, 1.165) is 5.13 Å². The number of hydrogen-bond acceptors (Lipinski definition) is 5. The summed E-state index contributed by atoms with van der Waals surface area (Å²) in [6, 6.07) is 4.62. The second-order valence-corrected chi connectivity index (χ2v) is 12.1. The Balaban J connectivity index is 1.45. The molecule has 1 aliphatic heterocycles. The van der Waals surface area contributed by atoms with Gasteiger partial charge in [0.2, 0.25) is 0 Å². The molecule has 1 saturated heterocycles. The van der Waals surface area contributed by atoms with Gasteiger partial charge in [0.05, 0.1) is 20.8 Å². The second kappa shape index (κ2) is 8.26. The number of anilines is 1. The van der Waals surface area contributed by atoms with Crippen LogP contribution in [0.4, 0.5) is 9.52 Å². The molecule has 2 unspecified atom stereocenters. The van der Waals surface area contributed by atoms with E-state index in [1.807, 2.05) is 5.38 Å². The minimum absolute atomic E-state index is 0.0776. The van der Waals surface area contributed by atoms with Crippen LogP contribution in [-0.2, 0) is 9.84 Å². The number of allylic oxidation sites excluding steroid dienone is 3. The molecule has 30 heavy (non-hydrogen) atoms. The monoisotopic (exact) mass is 486 g/mol. The van der Waals surface area contributed by atoms with Gasteiger partial charge in [-0.3, -0.25) is 0 Å². The Morgan fingerprint density at radius 3 is 2.67 bits per heavy atom. The maximum absolute atomic E-state index is 13.7. The van der Waals surface area contributed by atoms with Crippen LogP contribution >= 0.6 is 34.5 Å². The van der Waals surface area contributed by atoms with Gasteiger partial charge in [0.25, 0.3) is 0 Å². The molecule has 0 spiro atoms. The number of aromatic nitrogens is 1. The molecular weight excluding hydrogens is 466 g/mol. The topological polar surface area (TPSA) is 50.3 Å². The van der Waals surface area contributed by atoms with Crippen LogP contribution in [0, 0.1) is 5.82 Å². The number of benzene rings is 1. The van der Waals surface area contributed by atoms with Crippen LogP contribution in [0.3, 0.4) is 0 Å². The molecule has 2 aliphatic rings. The largest absolute Gasteiger partial charge is 0.348 e. The van der Waals surface area contributed by atoms with Crippen LogP contribution in [-0.4, -0.2) is 41.9 Å². The first-order valence-corrected chi connectivity index (χ1v) is 12.9. The second-order valence-electron chi connectivity index (χ2n) is 7.74. The van der Waals surface area contributed by atoms with Crippen molar-refractivity contribution in [1.29, 1.82) is 0 Å². The predicted octanol–water partition coefficient (Wildman–Crippen LogP) is 5.48. The lowest BCUT2D eigenvalue weighted by molar-refractivity contribution is 0.518. The molecule has 2 aromatic rings. The van der Waals surface area contributed by atoms with E-state index in [1.165, 1.54) is 23.5 Å². The summed E-state index contributed by atoms with van der Waals surface area (Å²) >= 11 is 13.7. The molecule has 1 aliphatic carbocycles. The molecule has 0 radical (unpaired) electrons. The SMILES string of the molecule is CC1(Cl)C=CC=CC1S(=O)(=O)C1CCN(c2nc(-c3ccc(Cl)c(F)c3)cs2)CC1. The Morgan fingerprint density at radius 2 is 2.00 bits per heavy atom. The minimum Gasteiger partial charge on any atom is -0.348 e. The van der Waals surface area contributed by atoms with Crippen LogP contribution in [0.2, 0.25) is 5.02 Å². The summed E-state index contributed by atoms with van der Waals surface area (Å²) in [6.45, 7) is 2.93. The Labute approximate surface area is 189 Å². The first-order valence-electron chi connectivity index (χ1n) is 9.62. The van der Waals surface area contributed by atoms with Crippen molar-refractivity contribution in [2.45, 2.75) is 35.1 Å². The standard InChI is InChI=1S/C21H21Cl2FN2O2S2/c1-21(23)9-3-2-4-19(21)30(27,28)15-7-10-26(11-8-15)20-25-18(13-29-20)14-5-6-16(22)17(24)12-14/h2-6,9,12-13,15,19H,7-8,10-11H2,1H3. The van der Waals surface area contributed by atoms with E-state index in [-0.39, 0.29) is 5.02 Å². The molecule has 2 heterocycles. The predicted molar refractivity (Wildman–Crippen MR) is 123 cm³/mol. The number of sulfone groups is 1. The molecule has 0 amide bonds. The molecule has 2 atom stereocenters. The van der Waals surface area contributed by atoms with Gasteiger partial charge in [-0.2, -0.15) is 0 Å². The maximum atomic E-state index is 13.7. The van der Waals surface area contributed by atoms with Gasteiger partial charge in [-0.25, -0.2) is 17.8 Å². The highest BCUT2D eigenvalue weighted by Crippen LogP contribution is 2.36. The molecular formula is C21H21Cl2FN2O2S2. The van der Waals surface area contributed by atoms with Gasteiger partial charge in [0.1, 0.15) is 11.1 Å². The van der Waals surface area contributed by atoms with Crippen molar-refractivity contribution in [2.75, 3.05) is 18.0 Å². The summed E-state index contributed by atoms with van der Waals surface area (Å²) < 4.78 is 40.1.